The third-order valence-corrected chi connectivity index (χ3v) is 4.83. The summed E-state index contributed by atoms with van der Waals surface area (Å²) in [7, 11) is 0. The lowest BCUT2D eigenvalue weighted by Gasteiger charge is -2.24. The van der Waals surface area contributed by atoms with Gasteiger partial charge in [-0.05, 0) is 30.9 Å². The summed E-state index contributed by atoms with van der Waals surface area (Å²) in [6, 6.07) is 8.57. The van der Waals surface area contributed by atoms with E-state index in [2.05, 4.69) is 41.0 Å². The molecule has 0 aliphatic carbocycles. The summed E-state index contributed by atoms with van der Waals surface area (Å²) in [5, 5.41) is 0. The van der Waals surface area contributed by atoms with Gasteiger partial charge in [-0.3, -0.25) is 9.69 Å². The van der Waals surface area contributed by atoms with E-state index in [1.165, 1.54) is 11.1 Å². The summed E-state index contributed by atoms with van der Waals surface area (Å²) in [6.07, 6.45) is 1.95. The smallest absolute Gasteiger partial charge is 0.228 e. The number of nitrogens with zero attached hydrogens (tertiary/aromatic N) is 2. The fraction of sp³-hybridized carbons (Fsp3) is 0.611. The molecule has 4 nitrogen and oxygen atoms in total. The van der Waals surface area contributed by atoms with Crippen LogP contribution in [0.5, 0.6) is 0 Å². The minimum absolute atomic E-state index is 0.0999. The van der Waals surface area contributed by atoms with E-state index in [1.807, 2.05) is 0 Å². The van der Waals surface area contributed by atoms with Crippen LogP contribution >= 0.6 is 0 Å². The molecule has 120 valence electrons. The first-order chi connectivity index (χ1) is 10.7. The van der Waals surface area contributed by atoms with Crippen LogP contribution in [0.1, 0.15) is 24.0 Å². The molecule has 3 rings (SSSR count). The highest BCUT2D eigenvalue weighted by molar-refractivity contribution is 5.79. The van der Waals surface area contributed by atoms with Crippen LogP contribution < -0.4 is 0 Å². The van der Waals surface area contributed by atoms with Gasteiger partial charge in [-0.25, -0.2) is 0 Å². The molecule has 2 aliphatic rings. The maximum absolute atomic E-state index is 12.5. The second-order valence-corrected chi connectivity index (χ2v) is 6.44. The number of rotatable bonds is 3. The Balaban J connectivity index is 1.55. The van der Waals surface area contributed by atoms with Crippen molar-refractivity contribution in [2.45, 2.75) is 26.3 Å². The average molecular weight is 302 g/mol. The summed E-state index contributed by atoms with van der Waals surface area (Å²) < 4.78 is 5.36. The fourth-order valence-corrected chi connectivity index (χ4v) is 3.37. The Morgan fingerprint density at radius 1 is 1.23 bits per heavy atom. The highest BCUT2D eigenvalue weighted by Gasteiger charge is 2.29. The molecule has 1 amide bonds. The van der Waals surface area contributed by atoms with E-state index in [0.29, 0.717) is 12.5 Å². The van der Waals surface area contributed by atoms with Gasteiger partial charge in [-0.1, -0.05) is 24.3 Å². The molecule has 2 heterocycles. The van der Waals surface area contributed by atoms with Gasteiger partial charge in [0.1, 0.15) is 0 Å². The molecule has 0 bridgehead atoms. The first-order valence-corrected chi connectivity index (χ1v) is 8.37. The van der Waals surface area contributed by atoms with Gasteiger partial charge >= 0.3 is 0 Å². The SMILES string of the molecule is Cc1ccccc1CN1CCCN(C(=O)C2CCOC2)CC1. The quantitative estimate of drug-likeness (QED) is 0.857. The van der Waals surface area contributed by atoms with E-state index in [4.69, 9.17) is 4.74 Å². The number of carbonyl (C=O) groups excluding carboxylic acids is 1. The van der Waals surface area contributed by atoms with Gasteiger partial charge in [0.05, 0.1) is 12.5 Å². The Labute approximate surface area is 133 Å². The molecular weight excluding hydrogens is 276 g/mol. The zero-order valence-electron chi connectivity index (χ0n) is 13.5. The molecule has 2 saturated heterocycles. The van der Waals surface area contributed by atoms with Crippen LogP contribution in [0.3, 0.4) is 0 Å². The van der Waals surface area contributed by atoms with E-state index in [1.54, 1.807) is 0 Å². The number of hydrogen-bond acceptors (Lipinski definition) is 3. The van der Waals surface area contributed by atoms with Crippen LogP contribution in [0, 0.1) is 12.8 Å². The maximum Gasteiger partial charge on any atom is 0.228 e. The highest BCUT2D eigenvalue weighted by atomic mass is 16.5. The molecule has 1 aromatic rings. The lowest BCUT2D eigenvalue weighted by atomic mass is 10.1. The number of aryl methyl sites for hydroxylation is 1. The zero-order valence-corrected chi connectivity index (χ0v) is 13.5. The maximum atomic E-state index is 12.5. The molecule has 0 spiro atoms. The molecule has 0 radical (unpaired) electrons. The normalized spacial score (nSPS) is 23.5. The molecule has 1 atom stereocenters. The second kappa shape index (κ2) is 7.25. The Morgan fingerprint density at radius 2 is 2.09 bits per heavy atom. The van der Waals surface area contributed by atoms with Crippen molar-refractivity contribution in [3.8, 4) is 0 Å². The van der Waals surface area contributed by atoms with Gasteiger partial charge in [0.15, 0.2) is 0 Å². The fourth-order valence-electron chi connectivity index (χ4n) is 3.37. The van der Waals surface area contributed by atoms with E-state index in [-0.39, 0.29) is 5.92 Å². The standard InChI is InChI=1S/C18H26N2O2/c1-15-5-2-3-6-16(15)13-19-8-4-9-20(11-10-19)18(21)17-7-12-22-14-17/h2-3,5-6,17H,4,7-14H2,1H3. The summed E-state index contributed by atoms with van der Waals surface area (Å²) >= 11 is 0. The van der Waals surface area contributed by atoms with Gasteiger partial charge in [0.25, 0.3) is 0 Å². The first-order valence-electron chi connectivity index (χ1n) is 8.37. The molecule has 2 aliphatic heterocycles. The largest absolute Gasteiger partial charge is 0.381 e. The van der Waals surface area contributed by atoms with Crippen LogP contribution in [0.15, 0.2) is 24.3 Å². The van der Waals surface area contributed by atoms with Crippen LogP contribution in [0.25, 0.3) is 0 Å². The Bertz CT molecular complexity index is 512. The molecule has 0 aromatic heterocycles. The molecule has 4 heteroatoms. The minimum Gasteiger partial charge on any atom is -0.381 e. The van der Waals surface area contributed by atoms with Crippen LogP contribution in [-0.4, -0.2) is 55.1 Å². The minimum atomic E-state index is 0.0999. The van der Waals surface area contributed by atoms with Crippen LogP contribution in [0.2, 0.25) is 0 Å². The summed E-state index contributed by atoms with van der Waals surface area (Å²) in [6.45, 7) is 8.28. The van der Waals surface area contributed by atoms with E-state index >= 15 is 0 Å². The highest BCUT2D eigenvalue weighted by Crippen LogP contribution is 2.18. The van der Waals surface area contributed by atoms with Crippen molar-refractivity contribution in [3.63, 3.8) is 0 Å². The molecule has 0 N–H and O–H groups in total. The van der Waals surface area contributed by atoms with Crippen molar-refractivity contribution in [3.05, 3.63) is 35.4 Å². The Hall–Kier alpha value is -1.39. The van der Waals surface area contributed by atoms with Crippen molar-refractivity contribution in [2.75, 3.05) is 39.4 Å². The number of hydrogen-bond donors (Lipinski definition) is 0. The van der Waals surface area contributed by atoms with Gasteiger partial charge in [0, 0.05) is 39.3 Å². The van der Waals surface area contributed by atoms with Crippen molar-refractivity contribution in [1.29, 1.82) is 0 Å². The first kappa shape index (κ1) is 15.5. The predicted molar refractivity (Wildman–Crippen MR) is 86.6 cm³/mol. The Morgan fingerprint density at radius 3 is 2.86 bits per heavy atom. The number of benzene rings is 1. The van der Waals surface area contributed by atoms with Crippen LogP contribution in [0.4, 0.5) is 0 Å². The Kier molecular flexibility index (Phi) is 5.11. The molecule has 22 heavy (non-hydrogen) atoms. The van der Waals surface area contributed by atoms with E-state index in [0.717, 1.165) is 52.2 Å². The third kappa shape index (κ3) is 3.68. The lowest BCUT2D eigenvalue weighted by molar-refractivity contribution is -0.135. The predicted octanol–water partition coefficient (Wildman–Crippen LogP) is 2.07. The van der Waals surface area contributed by atoms with Crippen LogP contribution in [-0.2, 0) is 16.1 Å². The van der Waals surface area contributed by atoms with Gasteiger partial charge < -0.3 is 9.64 Å². The van der Waals surface area contributed by atoms with Gasteiger partial charge in [-0.2, -0.15) is 0 Å². The number of carbonyl (C=O) groups is 1. The molecule has 2 fully saturated rings. The number of amides is 1. The van der Waals surface area contributed by atoms with Crippen molar-refractivity contribution in [1.82, 2.24) is 9.80 Å². The second-order valence-electron chi connectivity index (χ2n) is 6.44. The van der Waals surface area contributed by atoms with Crippen molar-refractivity contribution in [2.24, 2.45) is 5.92 Å². The number of ether oxygens (including phenoxy) is 1. The summed E-state index contributed by atoms with van der Waals surface area (Å²) in [5.74, 6) is 0.401. The molecule has 0 saturated carbocycles. The van der Waals surface area contributed by atoms with Crippen molar-refractivity contribution < 1.29 is 9.53 Å². The van der Waals surface area contributed by atoms with Gasteiger partial charge in [-0.15, -0.1) is 0 Å². The van der Waals surface area contributed by atoms with Gasteiger partial charge in [0.2, 0.25) is 5.91 Å². The zero-order chi connectivity index (χ0) is 15.4. The summed E-state index contributed by atoms with van der Waals surface area (Å²) in [4.78, 5) is 17.0. The average Bonchev–Trinajstić information content (AvgIpc) is 2.96. The topological polar surface area (TPSA) is 32.8 Å². The molecule has 1 aromatic carbocycles. The summed E-state index contributed by atoms with van der Waals surface area (Å²) in [5.41, 5.74) is 2.74. The van der Waals surface area contributed by atoms with E-state index in [9.17, 15) is 4.79 Å². The molecular formula is C18H26N2O2. The third-order valence-electron chi connectivity index (χ3n) is 4.83. The van der Waals surface area contributed by atoms with E-state index < -0.39 is 0 Å². The van der Waals surface area contributed by atoms with Crippen molar-refractivity contribution >= 4 is 5.91 Å². The monoisotopic (exact) mass is 302 g/mol. The lowest BCUT2D eigenvalue weighted by Crippen LogP contribution is -2.39. The molecule has 1 unspecified atom stereocenters.